The first kappa shape index (κ1) is 28.3. The number of imide groups is 1. The summed E-state index contributed by atoms with van der Waals surface area (Å²) in [5.41, 5.74) is 3.12. The Kier molecular flexibility index (Phi) is 6.72. The highest BCUT2D eigenvalue weighted by Gasteiger charge is 2.69. The van der Waals surface area contributed by atoms with Gasteiger partial charge >= 0.3 is 4.87 Å². The van der Waals surface area contributed by atoms with Crippen molar-refractivity contribution in [2.75, 3.05) is 16.8 Å². The van der Waals surface area contributed by atoms with Crippen molar-refractivity contribution in [1.82, 2.24) is 4.98 Å². The van der Waals surface area contributed by atoms with Crippen LogP contribution in [0.3, 0.4) is 0 Å². The van der Waals surface area contributed by atoms with E-state index >= 15 is 0 Å². The van der Waals surface area contributed by atoms with Crippen LogP contribution >= 0.6 is 23.1 Å². The Morgan fingerprint density at radius 3 is 2.49 bits per heavy atom. The molecule has 8 rings (SSSR count). The molecule has 7 atom stereocenters. The summed E-state index contributed by atoms with van der Waals surface area (Å²) in [6.45, 7) is 1.81. The lowest BCUT2D eigenvalue weighted by Crippen LogP contribution is -2.42. The van der Waals surface area contributed by atoms with Gasteiger partial charge in [-0.05, 0) is 85.2 Å². The lowest BCUT2D eigenvalue weighted by molar-refractivity contribution is -0.123. The zero-order valence-corrected chi connectivity index (χ0v) is 25.7. The van der Waals surface area contributed by atoms with Gasteiger partial charge in [-0.3, -0.25) is 24.1 Å². The highest BCUT2D eigenvalue weighted by Crippen LogP contribution is 2.68. The fraction of sp³-hybridized carbons (Fsp3) is 0.294. The highest BCUT2D eigenvalue weighted by molar-refractivity contribution is 8.00. The number of aromatic nitrogens is 1. The van der Waals surface area contributed by atoms with Gasteiger partial charge in [0.05, 0.1) is 22.5 Å². The fourth-order valence-corrected chi connectivity index (χ4v) is 10.9. The summed E-state index contributed by atoms with van der Waals surface area (Å²) in [5, 5.41) is 3.69. The third-order valence-corrected chi connectivity index (χ3v) is 12.3. The van der Waals surface area contributed by atoms with Crippen molar-refractivity contribution in [3.63, 3.8) is 0 Å². The summed E-state index contributed by atoms with van der Waals surface area (Å²) in [5.74, 6) is -1.76. The number of nitrogens with one attached hydrogen (secondary N) is 2. The highest BCUT2D eigenvalue weighted by atomic mass is 32.2. The van der Waals surface area contributed by atoms with Crippen LogP contribution in [0.15, 0.2) is 82.6 Å². The lowest BCUT2D eigenvalue weighted by Gasteiger charge is -2.43. The number of ether oxygens (including phenoxy) is 1. The number of fused-ring (bicyclic) bond motifs is 9. The molecule has 4 aliphatic rings. The Morgan fingerprint density at radius 1 is 1.00 bits per heavy atom. The predicted octanol–water partition coefficient (Wildman–Crippen LogP) is 5.58. The van der Waals surface area contributed by atoms with Crippen LogP contribution in [0.4, 0.5) is 15.8 Å². The SMILES string of the molecule is Cc1ccc(NC(=O)COc2cccc([C@H]3c4sc(=O)[nH]c4SC4C3[C@H]3C[C@@H]4C4C(=O)N(c5ccc(F)cc5)C(=O)C43)c2)cc1. The Bertz CT molecular complexity index is 1910. The van der Waals surface area contributed by atoms with Gasteiger partial charge < -0.3 is 15.0 Å². The van der Waals surface area contributed by atoms with Gasteiger partial charge in [0.15, 0.2) is 6.61 Å². The molecule has 3 amide bonds. The van der Waals surface area contributed by atoms with Crippen LogP contribution in [0.5, 0.6) is 5.75 Å². The van der Waals surface area contributed by atoms with E-state index in [1.807, 2.05) is 49.4 Å². The molecule has 8 nitrogen and oxygen atoms in total. The van der Waals surface area contributed by atoms with E-state index in [1.165, 1.54) is 40.5 Å². The Balaban J connectivity index is 1.08. The number of hydrogen-bond donors (Lipinski definition) is 2. The van der Waals surface area contributed by atoms with Crippen LogP contribution in [-0.2, 0) is 14.4 Å². The number of thiazole rings is 1. The molecule has 2 saturated carbocycles. The number of aryl methyl sites for hydroxylation is 1. The summed E-state index contributed by atoms with van der Waals surface area (Å²) in [7, 11) is 0. The van der Waals surface area contributed by atoms with Gasteiger partial charge in [-0.25, -0.2) is 4.39 Å². The summed E-state index contributed by atoms with van der Waals surface area (Å²) >= 11 is 2.81. The number of H-pyrrole nitrogens is 1. The maximum Gasteiger partial charge on any atom is 0.305 e. The van der Waals surface area contributed by atoms with Gasteiger partial charge in [0.1, 0.15) is 11.6 Å². The van der Waals surface area contributed by atoms with Crippen molar-refractivity contribution >= 4 is 52.2 Å². The number of hydrogen-bond acceptors (Lipinski definition) is 7. The number of halogens is 1. The van der Waals surface area contributed by atoms with Crippen molar-refractivity contribution < 1.29 is 23.5 Å². The van der Waals surface area contributed by atoms with Crippen molar-refractivity contribution in [3.8, 4) is 5.75 Å². The number of benzene rings is 3. The van der Waals surface area contributed by atoms with Crippen LogP contribution < -0.4 is 19.8 Å². The van der Waals surface area contributed by atoms with Gasteiger partial charge in [-0.1, -0.05) is 41.2 Å². The smallest absolute Gasteiger partial charge is 0.305 e. The predicted molar refractivity (Wildman–Crippen MR) is 169 cm³/mol. The topological polar surface area (TPSA) is 109 Å². The van der Waals surface area contributed by atoms with Gasteiger partial charge in [0.2, 0.25) is 11.8 Å². The van der Waals surface area contributed by atoms with Crippen LogP contribution in [0.25, 0.3) is 0 Å². The average molecular weight is 642 g/mol. The molecule has 2 bridgehead atoms. The van der Waals surface area contributed by atoms with E-state index in [2.05, 4.69) is 10.3 Å². The third kappa shape index (κ3) is 4.63. The minimum Gasteiger partial charge on any atom is -0.484 e. The summed E-state index contributed by atoms with van der Waals surface area (Å²) < 4.78 is 19.6. The molecule has 11 heteroatoms. The first-order valence-electron chi connectivity index (χ1n) is 14.9. The molecule has 3 heterocycles. The number of carbonyl (C=O) groups is 3. The van der Waals surface area contributed by atoms with Crippen molar-refractivity contribution in [2.45, 2.75) is 29.5 Å². The molecule has 1 saturated heterocycles. The Hall–Kier alpha value is -4.22. The second kappa shape index (κ2) is 10.7. The fourth-order valence-electron chi connectivity index (χ4n) is 8.02. The van der Waals surface area contributed by atoms with Crippen molar-refractivity contribution in [2.24, 2.45) is 29.6 Å². The van der Waals surface area contributed by atoms with E-state index < -0.39 is 17.7 Å². The average Bonchev–Trinajstić information content (AvgIpc) is 3.77. The number of thioether (sulfide) groups is 1. The van der Waals surface area contributed by atoms with Crippen LogP contribution in [0.2, 0.25) is 0 Å². The number of amides is 3. The maximum absolute atomic E-state index is 13.9. The Labute approximate surface area is 266 Å². The lowest BCUT2D eigenvalue weighted by atomic mass is 9.68. The summed E-state index contributed by atoms with van der Waals surface area (Å²) in [6.07, 6.45) is 0.761. The van der Waals surface area contributed by atoms with Crippen molar-refractivity contribution in [1.29, 1.82) is 0 Å². The van der Waals surface area contributed by atoms with Gasteiger partial charge in [0, 0.05) is 21.7 Å². The molecule has 0 radical (unpaired) electrons. The van der Waals surface area contributed by atoms with Crippen LogP contribution in [0, 0.1) is 42.3 Å². The molecule has 2 aliphatic carbocycles. The second-order valence-corrected chi connectivity index (χ2v) is 14.4. The number of rotatable bonds is 6. The van der Waals surface area contributed by atoms with E-state index in [1.54, 1.807) is 17.8 Å². The zero-order valence-electron chi connectivity index (χ0n) is 24.1. The van der Waals surface area contributed by atoms with Crippen LogP contribution in [0.1, 0.15) is 28.3 Å². The van der Waals surface area contributed by atoms with E-state index in [-0.39, 0.29) is 58.1 Å². The Morgan fingerprint density at radius 2 is 1.73 bits per heavy atom. The number of aromatic amines is 1. The molecule has 45 heavy (non-hydrogen) atoms. The molecule has 2 N–H and O–H groups in total. The third-order valence-electron chi connectivity index (χ3n) is 9.73. The molecule has 3 fully saturated rings. The summed E-state index contributed by atoms with van der Waals surface area (Å²) in [6, 6.07) is 20.6. The molecule has 4 aromatic rings. The van der Waals surface area contributed by atoms with E-state index in [0.29, 0.717) is 17.1 Å². The maximum atomic E-state index is 13.9. The quantitative estimate of drug-likeness (QED) is 0.266. The van der Waals surface area contributed by atoms with Crippen molar-refractivity contribution in [3.05, 3.63) is 104 Å². The van der Waals surface area contributed by atoms with Crippen LogP contribution in [-0.4, -0.2) is 34.6 Å². The standard InChI is InChI=1S/C34H28FN3O5S2/c1-16-5-9-19(10-6-16)36-24(39)15-43-21-4-2-3-17(13-21)25-26-22-14-23(29(26)44-31-30(25)45-34(42)37-31)28-27(22)32(40)38(33(28)41)20-11-7-18(35)8-12-20/h2-13,22-23,25-29H,14-15H2,1H3,(H,36,39)(H,37,42)/t22-,23-,25-,26?,27?,28?,29?/m1/s1. The van der Waals surface area contributed by atoms with Gasteiger partial charge in [0.25, 0.3) is 5.91 Å². The first-order chi connectivity index (χ1) is 21.8. The molecule has 2 aliphatic heterocycles. The molecule has 3 aromatic carbocycles. The molecule has 0 spiro atoms. The number of nitrogens with zero attached hydrogens (tertiary/aromatic N) is 1. The molecule has 4 unspecified atom stereocenters. The van der Waals surface area contributed by atoms with E-state index in [0.717, 1.165) is 27.5 Å². The molecule has 1 aromatic heterocycles. The number of carbonyl (C=O) groups excluding carboxylic acids is 3. The first-order valence-corrected chi connectivity index (χ1v) is 16.6. The molecular formula is C34H28FN3O5S2. The second-order valence-electron chi connectivity index (χ2n) is 12.2. The minimum absolute atomic E-state index is 0.0187. The van der Waals surface area contributed by atoms with Gasteiger partial charge in [-0.15, -0.1) is 11.8 Å². The number of anilines is 2. The normalized spacial score (nSPS) is 27.7. The largest absolute Gasteiger partial charge is 0.484 e. The molecule has 228 valence electrons. The minimum atomic E-state index is -0.459. The monoisotopic (exact) mass is 641 g/mol. The molecular weight excluding hydrogens is 614 g/mol. The van der Waals surface area contributed by atoms with Gasteiger partial charge in [-0.2, -0.15) is 0 Å². The summed E-state index contributed by atoms with van der Waals surface area (Å²) in [4.78, 5) is 57.9. The van der Waals surface area contributed by atoms with E-state index in [9.17, 15) is 23.6 Å². The zero-order chi connectivity index (χ0) is 31.0. The van der Waals surface area contributed by atoms with E-state index in [4.69, 9.17) is 4.74 Å².